The number of piperidine rings is 2. The van der Waals surface area contributed by atoms with Gasteiger partial charge in [-0.05, 0) is 63.7 Å². The Hall–Kier alpha value is -2.25. The van der Waals surface area contributed by atoms with Crippen LogP contribution in [0.2, 0.25) is 0 Å². The van der Waals surface area contributed by atoms with Crippen LogP contribution in [0.3, 0.4) is 0 Å². The fraction of sp³-hybridized carbons (Fsp3) is 0.545. The normalized spacial score (nSPS) is 20.6. The lowest BCUT2D eigenvalue weighted by molar-refractivity contribution is -0.138. The first kappa shape index (κ1) is 21.0. The lowest BCUT2D eigenvalue weighted by Crippen LogP contribution is -2.48. The molecule has 0 saturated carbocycles. The van der Waals surface area contributed by atoms with Crippen LogP contribution in [0.1, 0.15) is 43.4 Å². The van der Waals surface area contributed by atoms with Crippen molar-refractivity contribution < 1.29 is 4.79 Å². The number of likely N-dealkylation sites (tertiary alicyclic amines) is 1. The molecule has 2 N–H and O–H groups in total. The average molecular weight is 430 g/mol. The number of hydrogen-bond acceptors (Lipinski definition) is 5. The number of hydrogen-bond donors (Lipinski definition) is 2. The second kappa shape index (κ2) is 8.47. The summed E-state index contributed by atoms with van der Waals surface area (Å²) in [6, 6.07) is 3.77. The van der Waals surface area contributed by atoms with Gasteiger partial charge < -0.3 is 15.2 Å². The van der Waals surface area contributed by atoms with Crippen LogP contribution < -0.4 is 10.9 Å². The first-order chi connectivity index (χ1) is 14.2. The Bertz CT molecular complexity index is 963. The molecule has 2 aliphatic heterocycles. The van der Waals surface area contributed by atoms with E-state index in [2.05, 4.69) is 20.2 Å². The topological polar surface area (TPSA) is 91.0 Å². The number of pyridine rings is 1. The highest BCUT2D eigenvalue weighted by molar-refractivity contribution is 5.85. The van der Waals surface area contributed by atoms with Crippen LogP contribution >= 0.6 is 12.4 Å². The van der Waals surface area contributed by atoms with Crippen molar-refractivity contribution in [2.75, 3.05) is 26.2 Å². The highest BCUT2D eigenvalue weighted by Crippen LogP contribution is 2.44. The molecule has 1 aliphatic carbocycles. The molecule has 0 aromatic carbocycles. The van der Waals surface area contributed by atoms with E-state index in [4.69, 9.17) is 4.98 Å². The molecule has 8 heteroatoms. The third-order valence-corrected chi connectivity index (χ3v) is 7.03. The summed E-state index contributed by atoms with van der Waals surface area (Å²) in [5, 5.41) is 3.33. The number of fused-ring (bicyclic) bond motifs is 2. The molecule has 3 aliphatic rings. The number of carbonyl (C=O) groups is 1. The van der Waals surface area contributed by atoms with Gasteiger partial charge in [-0.1, -0.05) is 0 Å². The molecule has 1 amide bonds. The van der Waals surface area contributed by atoms with Gasteiger partial charge in [0.05, 0.1) is 5.69 Å². The highest BCUT2D eigenvalue weighted by Gasteiger charge is 2.45. The highest BCUT2D eigenvalue weighted by atomic mass is 35.5. The average Bonchev–Trinajstić information content (AvgIpc) is 3.13. The zero-order valence-electron chi connectivity index (χ0n) is 17.0. The van der Waals surface area contributed by atoms with Crippen molar-refractivity contribution in [1.82, 2.24) is 25.2 Å². The molecule has 2 saturated heterocycles. The second-order valence-electron chi connectivity index (χ2n) is 8.61. The van der Waals surface area contributed by atoms with Gasteiger partial charge in [-0.3, -0.25) is 14.6 Å². The molecule has 0 unspecified atom stereocenters. The third-order valence-electron chi connectivity index (χ3n) is 7.03. The molecule has 7 nitrogen and oxygen atoms in total. The van der Waals surface area contributed by atoms with E-state index in [0.717, 1.165) is 81.5 Å². The monoisotopic (exact) mass is 429 g/mol. The Labute approximate surface area is 182 Å². The summed E-state index contributed by atoms with van der Waals surface area (Å²) in [5.41, 5.74) is 2.50. The zero-order chi connectivity index (χ0) is 19.8. The Kier molecular flexibility index (Phi) is 5.93. The van der Waals surface area contributed by atoms with Crippen LogP contribution in [0.25, 0.3) is 11.4 Å². The van der Waals surface area contributed by atoms with E-state index in [1.807, 2.05) is 12.1 Å². The van der Waals surface area contributed by atoms with E-state index >= 15 is 0 Å². The van der Waals surface area contributed by atoms with Crippen LogP contribution in [-0.2, 0) is 16.6 Å². The largest absolute Gasteiger partial charge is 0.342 e. The van der Waals surface area contributed by atoms with Gasteiger partial charge in [-0.15, -0.1) is 12.4 Å². The van der Waals surface area contributed by atoms with Gasteiger partial charge in [0.1, 0.15) is 5.82 Å². The number of aromatic nitrogens is 3. The Morgan fingerprint density at radius 1 is 1.17 bits per heavy atom. The smallest absolute Gasteiger partial charge is 0.254 e. The van der Waals surface area contributed by atoms with Gasteiger partial charge in [0, 0.05) is 47.9 Å². The fourth-order valence-electron chi connectivity index (χ4n) is 5.26. The van der Waals surface area contributed by atoms with Gasteiger partial charge >= 0.3 is 0 Å². The summed E-state index contributed by atoms with van der Waals surface area (Å²) in [6.45, 7) is 3.40. The molecular weight excluding hydrogens is 402 g/mol. The Balaban J connectivity index is 0.00000218. The fourth-order valence-corrected chi connectivity index (χ4v) is 5.26. The summed E-state index contributed by atoms with van der Waals surface area (Å²) >= 11 is 0. The molecule has 0 radical (unpaired) electrons. The minimum absolute atomic E-state index is 0. The summed E-state index contributed by atoms with van der Waals surface area (Å²) in [5.74, 6) is 1.07. The minimum Gasteiger partial charge on any atom is -0.342 e. The predicted molar refractivity (Wildman–Crippen MR) is 117 cm³/mol. The number of aromatic amines is 1. The third kappa shape index (κ3) is 3.65. The van der Waals surface area contributed by atoms with Gasteiger partial charge in [-0.25, -0.2) is 4.98 Å². The number of rotatable bonds is 2. The maximum Gasteiger partial charge on any atom is 0.254 e. The van der Waals surface area contributed by atoms with E-state index in [9.17, 15) is 9.59 Å². The number of halogens is 1. The number of H-pyrrole nitrogens is 1. The molecule has 0 atom stereocenters. The first-order valence-electron chi connectivity index (χ1n) is 10.7. The summed E-state index contributed by atoms with van der Waals surface area (Å²) in [6.07, 6.45) is 8.82. The number of amides is 1. The molecular formula is C22H28ClN5O2. The minimum atomic E-state index is -0.0779. The van der Waals surface area contributed by atoms with Crippen LogP contribution in [0.4, 0.5) is 0 Å². The zero-order valence-corrected chi connectivity index (χ0v) is 17.8. The Morgan fingerprint density at radius 2 is 1.93 bits per heavy atom. The number of nitrogens with zero attached hydrogens (tertiary/aromatic N) is 3. The Morgan fingerprint density at radius 3 is 2.63 bits per heavy atom. The van der Waals surface area contributed by atoms with Crippen molar-refractivity contribution in [3.8, 4) is 11.4 Å². The van der Waals surface area contributed by atoms with E-state index in [-0.39, 0.29) is 29.3 Å². The van der Waals surface area contributed by atoms with Gasteiger partial charge in [0.15, 0.2) is 0 Å². The van der Waals surface area contributed by atoms with E-state index in [1.165, 1.54) is 0 Å². The first-order valence-corrected chi connectivity index (χ1v) is 10.7. The lowest BCUT2D eigenvalue weighted by atomic mass is 9.76. The molecule has 2 fully saturated rings. The van der Waals surface area contributed by atoms with Gasteiger partial charge in [-0.2, -0.15) is 0 Å². The SMILES string of the molecule is Cl.O=C(C1CCNCC1)N1CCC2(CCc3c2nc(-c2cccnc2)[nH]c3=O)CC1. The van der Waals surface area contributed by atoms with Crippen molar-refractivity contribution >= 4 is 18.3 Å². The quantitative estimate of drug-likeness (QED) is 0.762. The molecule has 160 valence electrons. The van der Waals surface area contributed by atoms with Gasteiger partial charge in [0.2, 0.25) is 5.91 Å². The van der Waals surface area contributed by atoms with E-state index < -0.39 is 0 Å². The van der Waals surface area contributed by atoms with E-state index in [0.29, 0.717) is 11.7 Å². The summed E-state index contributed by atoms with van der Waals surface area (Å²) in [4.78, 5) is 39.7. The van der Waals surface area contributed by atoms with Crippen LogP contribution in [0, 0.1) is 5.92 Å². The molecule has 2 aromatic rings. The van der Waals surface area contributed by atoms with Crippen LogP contribution in [0.5, 0.6) is 0 Å². The molecule has 5 rings (SSSR count). The standard InChI is InChI=1S/C22H27N5O2.ClH/c28-20-17-3-6-22(18(17)25-19(26-20)16-2-1-9-24-14-16)7-12-27(13-8-22)21(29)15-4-10-23-11-5-15;/h1-2,9,14-15,23H,3-8,10-13H2,(H,25,26,28);1H. The maximum absolute atomic E-state index is 12.9. The number of nitrogens with one attached hydrogen (secondary N) is 2. The molecule has 30 heavy (non-hydrogen) atoms. The summed E-state index contributed by atoms with van der Waals surface area (Å²) in [7, 11) is 0. The van der Waals surface area contributed by atoms with Crippen molar-refractivity contribution in [2.45, 2.75) is 43.9 Å². The molecule has 4 heterocycles. The molecule has 1 spiro atoms. The van der Waals surface area contributed by atoms with Crippen LogP contribution in [-0.4, -0.2) is 51.9 Å². The van der Waals surface area contributed by atoms with Crippen molar-refractivity contribution in [1.29, 1.82) is 0 Å². The predicted octanol–water partition coefficient (Wildman–Crippen LogP) is 2.06. The van der Waals surface area contributed by atoms with Gasteiger partial charge in [0.25, 0.3) is 5.56 Å². The van der Waals surface area contributed by atoms with Crippen molar-refractivity contribution in [3.63, 3.8) is 0 Å². The second-order valence-corrected chi connectivity index (χ2v) is 8.61. The molecule has 0 bridgehead atoms. The number of carbonyl (C=O) groups excluding carboxylic acids is 1. The summed E-state index contributed by atoms with van der Waals surface area (Å²) < 4.78 is 0. The lowest BCUT2D eigenvalue weighted by Gasteiger charge is -2.41. The van der Waals surface area contributed by atoms with Crippen molar-refractivity contribution in [2.24, 2.45) is 5.92 Å². The van der Waals surface area contributed by atoms with Crippen molar-refractivity contribution in [3.05, 3.63) is 46.1 Å². The molecule has 2 aromatic heterocycles. The van der Waals surface area contributed by atoms with Crippen LogP contribution in [0.15, 0.2) is 29.3 Å². The van der Waals surface area contributed by atoms with E-state index in [1.54, 1.807) is 12.4 Å². The maximum atomic E-state index is 12.9.